The van der Waals surface area contributed by atoms with Crippen molar-refractivity contribution < 1.29 is 9.59 Å². The van der Waals surface area contributed by atoms with E-state index >= 15 is 0 Å². The van der Waals surface area contributed by atoms with E-state index in [-0.39, 0.29) is 23.8 Å². The Hall–Kier alpha value is -1.84. The molecular weight excluding hydrogens is 252 g/mol. The van der Waals surface area contributed by atoms with E-state index in [9.17, 15) is 9.59 Å². The van der Waals surface area contributed by atoms with Crippen LogP contribution >= 0.6 is 0 Å². The second-order valence-corrected chi connectivity index (χ2v) is 5.21. The summed E-state index contributed by atoms with van der Waals surface area (Å²) < 4.78 is 0. The highest BCUT2D eigenvalue weighted by Gasteiger charge is 2.14. The number of carbonyl (C=O) groups excluding carboxylic acids is 2. The molecule has 0 aliphatic rings. The topological polar surface area (TPSA) is 58.2 Å². The van der Waals surface area contributed by atoms with E-state index in [0.29, 0.717) is 5.56 Å². The molecule has 2 N–H and O–H groups in total. The van der Waals surface area contributed by atoms with Gasteiger partial charge in [-0.05, 0) is 51.0 Å². The van der Waals surface area contributed by atoms with Gasteiger partial charge in [0.15, 0.2) is 0 Å². The lowest BCUT2D eigenvalue weighted by Gasteiger charge is -2.13. The zero-order valence-electron chi connectivity index (χ0n) is 12.7. The van der Waals surface area contributed by atoms with Crippen LogP contribution in [0, 0.1) is 5.92 Å². The van der Waals surface area contributed by atoms with Crippen LogP contribution in [0.4, 0.5) is 5.69 Å². The molecule has 0 bridgehead atoms. The lowest BCUT2D eigenvalue weighted by Crippen LogP contribution is -2.30. The molecule has 0 spiro atoms. The fraction of sp³-hybridized carbons (Fsp3) is 0.500. The summed E-state index contributed by atoms with van der Waals surface area (Å²) in [6.07, 6.45) is 1.66. The summed E-state index contributed by atoms with van der Waals surface area (Å²) >= 11 is 0. The minimum Gasteiger partial charge on any atom is -0.350 e. The van der Waals surface area contributed by atoms with Crippen LogP contribution in [-0.2, 0) is 4.79 Å². The molecule has 0 fully saturated rings. The fourth-order valence-corrected chi connectivity index (χ4v) is 1.95. The molecule has 0 unspecified atom stereocenters. The number of anilines is 1. The molecule has 0 atom stereocenters. The van der Waals surface area contributed by atoms with E-state index in [1.165, 1.54) is 0 Å². The van der Waals surface area contributed by atoms with Gasteiger partial charge in [-0.25, -0.2) is 0 Å². The molecule has 2 amide bonds. The highest BCUT2D eigenvalue weighted by molar-refractivity contribution is 5.96. The maximum absolute atomic E-state index is 11.9. The van der Waals surface area contributed by atoms with E-state index in [1.807, 2.05) is 27.7 Å². The molecule has 0 aromatic heterocycles. The van der Waals surface area contributed by atoms with Crippen LogP contribution in [0.25, 0.3) is 0 Å². The van der Waals surface area contributed by atoms with E-state index in [1.54, 1.807) is 24.3 Å². The lowest BCUT2D eigenvalue weighted by atomic mass is 10.0. The standard InChI is InChI=1S/C16H24N2O2/c1-5-12(6-2)15(19)18-14-9-7-13(8-10-14)16(20)17-11(3)4/h7-12H,5-6H2,1-4H3,(H,17,20)(H,18,19). The Morgan fingerprint density at radius 3 is 2.05 bits per heavy atom. The van der Waals surface area contributed by atoms with Crippen molar-refractivity contribution in [1.29, 1.82) is 0 Å². The van der Waals surface area contributed by atoms with Gasteiger partial charge in [-0.15, -0.1) is 0 Å². The van der Waals surface area contributed by atoms with Crippen molar-refractivity contribution in [2.45, 2.75) is 46.6 Å². The Labute approximate surface area is 121 Å². The van der Waals surface area contributed by atoms with Gasteiger partial charge in [0.25, 0.3) is 5.91 Å². The van der Waals surface area contributed by atoms with E-state index in [4.69, 9.17) is 0 Å². The minimum absolute atomic E-state index is 0.0365. The Kier molecular flexibility index (Phi) is 6.22. The maximum Gasteiger partial charge on any atom is 0.251 e. The van der Waals surface area contributed by atoms with Gasteiger partial charge in [0.1, 0.15) is 0 Å². The second kappa shape index (κ2) is 7.68. The molecule has 1 aromatic carbocycles. The fourth-order valence-electron chi connectivity index (χ4n) is 1.95. The number of hydrogen-bond donors (Lipinski definition) is 2. The van der Waals surface area contributed by atoms with Gasteiger partial charge in [0.05, 0.1) is 0 Å². The van der Waals surface area contributed by atoms with Crippen LogP contribution in [0.15, 0.2) is 24.3 Å². The molecule has 110 valence electrons. The summed E-state index contributed by atoms with van der Waals surface area (Å²) in [5.74, 6) is -0.0221. The first-order valence-corrected chi connectivity index (χ1v) is 7.19. The van der Waals surface area contributed by atoms with Crippen molar-refractivity contribution in [3.05, 3.63) is 29.8 Å². The molecule has 4 heteroatoms. The summed E-state index contributed by atoms with van der Waals surface area (Å²) in [4.78, 5) is 23.7. The van der Waals surface area contributed by atoms with Crippen molar-refractivity contribution >= 4 is 17.5 Å². The molecular formula is C16H24N2O2. The van der Waals surface area contributed by atoms with Crippen LogP contribution in [0.3, 0.4) is 0 Å². The predicted molar refractivity (Wildman–Crippen MR) is 81.7 cm³/mol. The Bertz CT molecular complexity index is 448. The number of nitrogens with one attached hydrogen (secondary N) is 2. The largest absolute Gasteiger partial charge is 0.350 e. The molecule has 4 nitrogen and oxygen atoms in total. The van der Waals surface area contributed by atoms with E-state index in [2.05, 4.69) is 10.6 Å². The van der Waals surface area contributed by atoms with Gasteiger partial charge in [-0.3, -0.25) is 9.59 Å². The average molecular weight is 276 g/mol. The first-order chi connectivity index (χ1) is 9.47. The molecule has 0 radical (unpaired) electrons. The Morgan fingerprint density at radius 2 is 1.60 bits per heavy atom. The summed E-state index contributed by atoms with van der Waals surface area (Å²) in [7, 11) is 0. The number of amides is 2. The normalized spacial score (nSPS) is 10.7. The van der Waals surface area contributed by atoms with Crippen molar-refractivity contribution in [3.63, 3.8) is 0 Å². The van der Waals surface area contributed by atoms with Crippen molar-refractivity contribution in [2.75, 3.05) is 5.32 Å². The number of rotatable bonds is 6. The minimum atomic E-state index is -0.0992. The van der Waals surface area contributed by atoms with Gasteiger partial charge in [0, 0.05) is 23.2 Å². The first kappa shape index (κ1) is 16.2. The molecule has 20 heavy (non-hydrogen) atoms. The van der Waals surface area contributed by atoms with Gasteiger partial charge < -0.3 is 10.6 Å². The smallest absolute Gasteiger partial charge is 0.251 e. The van der Waals surface area contributed by atoms with Crippen molar-refractivity contribution in [1.82, 2.24) is 5.32 Å². The van der Waals surface area contributed by atoms with Gasteiger partial charge in [-0.2, -0.15) is 0 Å². The molecule has 0 aliphatic carbocycles. The van der Waals surface area contributed by atoms with Crippen molar-refractivity contribution in [3.8, 4) is 0 Å². The second-order valence-electron chi connectivity index (χ2n) is 5.21. The molecule has 0 saturated heterocycles. The van der Waals surface area contributed by atoms with Crippen molar-refractivity contribution in [2.24, 2.45) is 5.92 Å². The van der Waals surface area contributed by atoms with Crippen LogP contribution in [0.5, 0.6) is 0 Å². The predicted octanol–water partition coefficient (Wildman–Crippen LogP) is 3.20. The Balaban J connectivity index is 2.67. The summed E-state index contributed by atoms with van der Waals surface area (Å²) in [6.45, 7) is 7.85. The highest BCUT2D eigenvalue weighted by Crippen LogP contribution is 2.14. The number of carbonyl (C=O) groups is 2. The maximum atomic E-state index is 11.9. The van der Waals surface area contributed by atoms with Gasteiger partial charge in [-0.1, -0.05) is 13.8 Å². The number of hydrogen-bond acceptors (Lipinski definition) is 2. The zero-order valence-corrected chi connectivity index (χ0v) is 12.7. The molecule has 1 aromatic rings. The quantitative estimate of drug-likeness (QED) is 0.838. The third-order valence-electron chi connectivity index (χ3n) is 3.19. The summed E-state index contributed by atoms with van der Waals surface area (Å²) in [5, 5.41) is 5.71. The zero-order chi connectivity index (χ0) is 15.1. The van der Waals surface area contributed by atoms with Crippen LogP contribution in [-0.4, -0.2) is 17.9 Å². The van der Waals surface area contributed by atoms with Gasteiger partial charge in [0.2, 0.25) is 5.91 Å². The monoisotopic (exact) mass is 276 g/mol. The van der Waals surface area contributed by atoms with E-state index in [0.717, 1.165) is 18.5 Å². The Morgan fingerprint density at radius 1 is 1.05 bits per heavy atom. The average Bonchev–Trinajstić information content (AvgIpc) is 2.40. The third-order valence-corrected chi connectivity index (χ3v) is 3.19. The SMILES string of the molecule is CCC(CC)C(=O)Nc1ccc(C(=O)NC(C)C)cc1. The van der Waals surface area contributed by atoms with E-state index < -0.39 is 0 Å². The molecule has 0 heterocycles. The summed E-state index contributed by atoms with van der Waals surface area (Å²) in [5.41, 5.74) is 1.32. The third kappa shape index (κ3) is 4.68. The number of benzene rings is 1. The van der Waals surface area contributed by atoms with Crippen LogP contribution < -0.4 is 10.6 Å². The molecule has 0 saturated carbocycles. The lowest BCUT2D eigenvalue weighted by molar-refractivity contribution is -0.120. The van der Waals surface area contributed by atoms with Crippen LogP contribution in [0.2, 0.25) is 0 Å². The summed E-state index contributed by atoms with van der Waals surface area (Å²) in [6, 6.07) is 7.07. The first-order valence-electron chi connectivity index (χ1n) is 7.19. The van der Waals surface area contributed by atoms with Gasteiger partial charge >= 0.3 is 0 Å². The van der Waals surface area contributed by atoms with Crippen LogP contribution in [0.1, 0.15) is 50.9 Å². The molecule has 1 rings (SSSR count). The highest BCUT2D eigenvalue weighted by atomic mass is 16.2. The molecule has 0 aliphatic heterocycles.